The van der Waals surface area contributed by atoms with Gasteiger partial charge in [-0.25, -0.2) is 4.68 Å². The fourth-order valence-corrected chi connectivity index (χ4v) is 3.41. The lowest BCUT2D eigenvalue weighted by molar-refractivity contribution is -0.123. The van der Waals surface area contributed by atoms with Crippen LogP contribution in [0.25, 0.3) is 11.3 Å². The highest BCUT2D eigenvalue weighted by atomic mass is 16.5. The highest BCUT2D eigenvalue weighted by Gasteiger charge is 2.21. The molecule has 1 heterocycles. The molecule has 0 aliphatic heterocycles. The van der Waals surface area contributed by atoms with Crippen molar-refractivity contribution in [2.45, 2.75) is 27.3 Å². The molecule has 0 saturated heterocycles. The number of rotatable bonds is 10. The van der Waals surface area contributed by atoms with E-state index in [1.807, 2.05) is 20.8 Å². The van der Waals surface area contributed by atoms with E-state index in [9.17, 15) is 19.2 Å². The normalized spacial score (nSPS) is 10.9. The van der Waals surface area contributed by atoms with Crippen molar-refractivity contribution in [1.29, 1.82) is 0 Å². The zero-order chi connectivity index (χ0) is 28.6. The summed E-state index contributed by atoms with van der Waals surface area (Å²) in [6.45, 7) is 5.50. The van der Waals surface area contributed by atoms with E-state index >= 15 is 0 Å². The number of carbonyl (C=O) groups excluding carboxylic acids is 3. The van der Waals surface area contributed by atoms with Gasteiger partial charge in [0.1, 0.15) is 6.54 Å². The molecule has 206 valence electrons. The van der Waals surface area contributed by atoms with Crippen LogP contribution in [0.4, 0.5) is 5.69 Å². The highest BCUT2D eigenvalue weighted by molar-refractivity contribution is 5.97. The van der Waals surface area contributed by atoms with Crippen LogP contribution in [-0.2, 0) is 16.1 Å². The number of nitrogens with one attached hydrogen (secondary N) is 3. The third-order valence-electron chi connectivity index (χ3n) is 5.66. The van der Waals surface area contributed by atoms with Gasteiger partial charge in [-0.1, -0.05) is 20.8 Å². The van der Waals surface area contributed by atoms with Crippen LogP contribution in [0, 0.1) is 5.41 Å². The van der Waals surface area contributed by atoms with Crippen LogP contribution in [0.3, 0.4) is 0 Å². The molecule has 0 spiro atoms. The van der Waals surface area contributed by atoms with Gasteiger partial charge in [0.05, 0.1) is 19.9 Å². The Morgan fingerprint density at radius 2 is 1.54 bits per heavy atom. The van der Waals surface area contributed by atoms with Crippen LogP contribution in [0.1, 0.15) is 31.1 Å². The van der Waals surface area contributed by atoms with E-state index in [-0.39, 0.29) is 31.4 Å². The molecule has 0 bridgehead atoms. The van der Waals surface area contributed by atoms with Gasteiger partial charge in [-0.15, -0.1) is 0 Å². The molecule has 0 radical (unpaired) electrons. The first-order chi connectivity index (χ1) is 18.5. The predicted octanol–water partition coefficient (Wildman–Crippen LogP) is 2.46. The van der Waals surface area contributed by atoms with Gasteiger partial charge in [0, 0.05) is 41.4 Å². The van der Waals surface area contributed by atoms with Crippen LogP contribution in [0.2, 0.25) is 0 Å². The van der Waals surface area contributed by atoms with E-state index in [0.29, 0.717) is 34.0 Å². The molecule has 39 heavy (non-hydrogen) atoms. The second-order valence-corrected chi connectivity index (χ2v) is 9.67. The van der Waals surface area contributed by atoms with Crippen molar-refractivity contribution >= 4 is 23.4 Å². The lowest BCUT2D eigenvalue weighted by atomic mass is 9.95. The largest absolute Gasteiger partial charge is 0.493 e. The maximum absolute atomic E-state index is 12.4. The van der Waals surface area contributed by atoms with E-state index in [1.54, 1.807) is 48.5 Å². The molecule has 0 unspecified atom stereocenters. The molecular formula is C28H33N5O6. The maximum atomic E-state index is 12.4. The van der Waals surface area contributed by atoms with E-state index in [4.69, 9.17) is 9.47 Å². The number of anilines is 1. The Balaban J connectivity index is 1.50. The van der Waals surface area contributed by atoms with Crippen molar-refractivity contribution < 1.29 is 23.9 Å². The average molecular weight is 536 g/mol. The average Bonchev–Trinajstić information content (AvgIpc) is 2.91. The summed E-state index contributed by atoms with van der Waals surface area (Å²) < 4.78 is 11.6. The predicted molar refractivity (Wildman–Crippen MR) is 147 cm³/mol. The summed E-state index contributed by atoms with van der Waals surface area (Å²) in [6.07, 6.45) is 0. The second-order valence-electron chi connectivity index (χ2n) is 9.67. The smallest absolute Gasteiger partial charge is 0.267 e. The summed E-state index contributed by atoms with van der Waals surface area (Å²) in [5.41, 5.74) is 1.23. The van der Waals surface area contributed by atoms with Crippen molar-refractivity contribution in [3.05, 3.63) is 70.5 Å². The Kier molecular flexibility index (Phi) is 9.43. The summed E-state index contributed by atoms with van der Waals surface area (Å²) in [7, 11) is 3.06. The summed E-state index contributed by atoms with van der Waals surface area (Å²) >= 11 is 0. The minimum atomic E-state index is -0.530. The van der Waals surface area contributed by atoms with Crippen molar-refractivity contribution in [2.75, 3.05) is 32.6 Å². The first kappa shape index (κ1) is 28.9. The van der Waals surface area contributed by atoms with Crippen molar-refractivity contribution in [1.82, 2.24) is 20.4 Å². The number of methoxy groups -OCH3 is 2. The molecule has 3 rings (SSSR count). The van der Waals surface area contributed by atoms with Gasteiger partial charge in [-0.2, -0.15) is 5.10 Å². The molecular weight excluding hydrogens is 502 g/mol. The molecule has 2 aromatic carbocycles. The number of ether oxygens (including phenoxy) is 2. The quantitative estimate of drug-likeness (QED) is 0.339. The zero-order valence-corrected chi connectivity index (χ0v) is 22.7. The van der Waals surface area contributed by atoms with E-state index < -0.39 is 16.9 Å². The number of nitrogens with zero attached hydrogens (tertiary/aromatic N) is 2. The third-order valence-corrected chi connectivity index (χ3v) is 5.66. The summed E-state index contributed by atoms with van der Waals surface area (Å²) in [4.78, 5) is 49.2. The SMILES string of the molecule is COc1ccc(-c2ccc(=O)n(CC(=O)NCCNC(=O)c3ccc(NC(=O)C(C)(C)C)cc3)n2)cc1OC. The third kappa shape index (κ3) is 7.91. The van der Waals surface area contributed by atoms with Gasteiger partial charge in [0.2, 0.25) is 11.8 Å². The first-order valence-corrected chi connectivity index (χ1v) is 12.3. The van der Waals surface area contributed by atoms with Gasteiger partial charge in [0.15, 0.2) is 11.5 Å². The summed E-state index contributed by atoms with van der Waals surface area (Å²) in [5, 5.41) is 12.5. The van der Waals surface area contributed by atoms with Gasteiger partial charge in [-0.3, -0.25) is 19.2 Å². The number of hydrogen-bond acceptors (Lipinski definition) is 7. The molecule has 11 nitrogen and oxygen atoms in total. The molecule has 3 aromatic rings. The first-order valence-electron chi connectivity index (χ1n) is 12.3. The maximum Gasteiger partial charge on any atom is 0.267 e. The lowest BCUT2D eigenvalue weighted by Gasteiger charge is -2.17. The molecule has 0 saturated carbocycles. The Labute approximate surface area is 226 Å². The van der Waals surface area contributed by atoms with Crippen LogP contribution in [0.5, 0.6) is 11.5 Å². The lowest BCUT2D eigenvalue weighted by Crippen LogP contribution is -2.38. The fraction of sp³-hybridized carbons (Fsp3) is 0.321. The molecule has 0 atom stereocenters. The number of amides is 3. The Morgan fingerprint density at radius 1 is 0.872 bits per heavy atom. The standard InChI is InChI=1S/C28H33N5O6/c1-28(2,3)27(37)31-20-9-6-18(7-10-20)26(36)30-15-14-29-24(34)17-33-25(35)13-11-21(32-33)19-8-12-22(38-4)23(16-19)39-5/h6-13,16H,14-15,17H2,1-5H3,(H,29,34)(H,30,36)(H,31,37). The molecule has 11 heteroatoms. The van der Waals surface area contributed by atoms with E-state index in [1.165, 1.54) is 20.3 Å². The Morgan fingerprint density at radius 3 is 2.18 bits per heavy atom. The molecule has 0 fully saturated rings. The van der Waals surface area contributed by atoms with Crippen LogP contribution in [-0.4, -0.2) is 54.8 Å². The van der Waals surface area contributed by atoms with E-state index in [2.05, 4.69) is 21.0 Å². The molecule has 3 amide bonds. The topological polar surface area (TPSA) is 141 Å². The Hall–Kier alpha value is -4.67. The van der Waals surface area contributed by atoms with Gasteiger partial charge in [0.25, 0.3) is 11.5 Å². The Bertz CT molecular complexity index is 1390. The van der Waals surface area contributed by atoms with Gasteiger partial charge in [-0.05, 0) is 48.5 Å². The minimum Gasteiger partial charge on any atom is -0.493 e. The monoisotopic (exact) mass is 535 g/mol. The van der Waals surface area contributed by atoms with Crippen molar-refractivity contribution in [3.63, 3.8) is 0 Å². The fourth-order valence-electron chi connectivity index (χ4n) is 3.41. The van der Waals surface area contributed by atoms with Crippen LogP contribution < -0.4 is 31.0 Å². The minimum absolute atomic E-state index is 0.124. The van der Waals surface area contributed by atoms with Crippen LogP contribution >= 0.6 is 0 Å². The van der Waals surface area contributed by atoms with Crippen molar-refractivity contribution in [2.24, 2.45) is 5.41 Å². The number of carbonyl (C=O) groups is 3. The molecule has 3 N–H and O–H groups in total. The summed E-state index contributed by atoms with van der Waals surface area (Å²) in [5.74, 6) is 0.196. The zero-order valence-electron chi connectivity index (χ0n) is 22.7. The molecule has 0 aliphatic rings. The number of aromatic nitrogens is 2. The van der Waals surface area contributed by atoms with Crippen LogP contribution in [0.15, 0.2) is 59.4 Å². The van der Waals surface area contributed by atoms with Crippen molar-refractivity contribution in [3.8, 4) is 22.8 Å². The number of hydrogen-bond donors (Lipinski definition) is 3. The molecule has 1 aromatic heterocycles. The number of benzene rings is 2. The second kappa shape index (κ2) is 12.7. The molecule has 0 aliphatic carbocycles. The highest BCUT2D eigenvalue weighted by Crippen LogP contribution is 2.31. The summed E-state index contributed by atoms with van der Waals surface area (Å²) in [6, 6.07) is 14.7. The van der Waals surface area contributed by atoms with Gasteiger partial charge < -0.3 is 25.4 Å². The van der Waals surface area contributed by atoms with E-state index in [0.717, 1.165) is 4.68 Å². The van der Waals surface area contributed by atoms with Gasteiger partial charge >= 0.3 is 0 Å².